The number of anilines is 1. The highest BCUT2D eigenvalue weighted by molar-refractivity contribution is 5.94. The molecule has 0 radical (unpaired) electrons. The van der Waals surface area contributed by atoms with E-state index < -0.39 is 11.9 Å². The molecule has 1 aromatic heterocycles. The summed E-state index contributed by atoms with van der Waals surface area (Å²) in [6.07, 6.45) is 5.55. The number of carbonyl (C=O) groups is 1. The molecule has 2 aromatic rings. The summed E-state index contributed by atoms with van der Waals surface area (Å²) in [5.41, 5.74) is 5.41. The Kier molecular flexibility index (Phi) is 4.58. The summed E-state index contributed by atoms with van der Waals surface area (Å²) >= 11 is 0. The van der Waals surface area contributed by atoms with Crippen molar-refractivity contribution in [3.8, 4) is 17.7 Å². The molecule has 1 saturated carbocycles. The molecule has 3 aliphatic rings. The molecule has 2 aliphatic heterocycles. The van der Waals surface area contributed by atoms with E-state index >= 15 is 0 Å². The first kappa shape index (κ1) is 19.4. The van der Waals surface area contributed by atoms with Crippen molar-refractivity contribution in [1.29, 1.82) is 5.26 Å². The van der Waals surface area contributed by atoms with E-state index in [9.17, 15) is 15.2 Å². The molecule has 1 aliphatic carbocycles. The number of pyridine rings is 1. The van der Waals surface area contributed by atoms with Crippen LogP contribution in [0.5, 0.6) is 11.6 Å². The third-order valence-corrected chi connectivity index (χ3v) is 6.45. The average Bonchev–Trinajstić information content (AvgIpc) is 3.20. The Hall–Kier alpha value is -3.53. The minimum Gasteiger partial charge on any atom is -0.493 e. The van der Waals surface area contributed by atoms with E-state index in [0.29, 0.717) is 35.9 Å². The first-order chi connectivity index (χ1) is 15.0. The molecule has 31 heavy (non-hydrogen) atoms. The number of aryl methyl sites for hydroxylation is 1. The van der Waals surface area contributed by atoms with Gasteiger partial charge in [-0.15, -0.1) is 0 Å². The quantitative estimate of drug-likeness (QED) is 0.773. The molecule has 5 rings (SSSR count). The fraction of sp³-hybridized carbons (Fsp3) is 0.375. The zero-order valence-electron chi connectivity index (χ0n) is 17.5. The van der Waals surface area contributed by atoms with Crippen molar-refractivity contribution in [3.63, 3.8) is 0 Å². The summed E-state index contributed by atoms with van der Waals surface area (Å²) in [4.78, 5) is 17.0. The minimum atomic E-state index is -1.01. The summed E-state index contributed by atoms with van der Waals surface area (Å²) in [6.45, 7) is 4.19. The van der Waals surface area contributed by atoms with Crippen LogP contribution in [0.4, 0.5) is 5.69 Å². The molecular formula is C24H23N3O4. The number of hydrogen-bond acceptors (Lipinski definition) is 6. The standard InChI is InChI=1S/C24H23N3O4/c1-12-11-26-23(31-15-4-3-5-15)20-19(18(24(28)29)13(2)27-21(12)20)17-7-6-14(10-25)16-8-9-30-22(16)17/h6-7,11,15,19,27H,3-5,8-9H2,1-2H3,(H,28,29). The lowest BCUT2D eigenvalue weighted by atomic mass is 9.79. The van der Waals surface area contributed by atoms with Crippen molar-refractivity contribution < 1.29 is 19.4 Å². The van der Waals surface area contributed by atoms with E-state index in [2.05, 4.69) is 16.4 Å². The predicted octanol–water partition coefficient (Wildman–Crippen LogP) is 4.04. The number of rotatable bonds is 4. The Bertz CT molecular complexity index is 1170. The Morgan fingerprint density at radius 1 is 1.35 bits per heavy atom. The number of hydrogen-bond donors (Lipinski definition) is 2. The van der Waals surface area contributed by atoms with Crippen molar-refractivity contribution >= 4 is 11.7 Å². The van der Waals surface area contributed by atoms with Gasteiger partial charge in [0, 0.05) is 29.4 Å². The van der Waals surface area contributed by atoms with E-state index in [1.165, 1.54) is 0 Å². The van der Waals surface area contributed by atoms with Crippen molar-refractivity contribution in [2.24, 2.45) is 0 Å². The molecule has 0 spiro atoms. The number of nitriles is 1. The molecule has 2 N–H and O–H groups in total. The van der Waals surface area contributed by atoms with Gasteiger partial charge in [-0.3, -0.25) is 0 Å². The number of nitrogens with zero attached hydrogens (tertiary/aromatic N) is 2. The molecule has 1 fully saturated rings. The summed E-state index contributed by atoms with van der Waals surface area (Å²) in [5, 5.41) is 23.0. The van der Waals surface area contributed by atoms with Crippen LogP contribution in [0, 0.1) is 18.3 Å². The Labute approximate surface area is 180 Å². The van der Waals surface area contributed by atoms with Gasteiger partial charge in [-0.05, 0) is 44.7 Å². The highest BCUT2D eigenvalue weighted by atomic mass is 16.5. The highest BCUT2D eigenvalue weighted by Crippen LogP contribution is 2.51. The fourth-order valence-corrected chi connectivity index (χ4v) is 4.65. The van der Waals surface area contributed by atoms with Crippen LogP contribution in [0.15, 0.2) is 29.6 Å². The van der Waals surface area contributed by atoms with Crippen molar-refractivity contribution in [2.45, 2.75) is 51.6 Å². The van der Waals surface area contributed by atoms with Crippen LogP contribution in [0.2, 0.25) is 0 Å². The van der Waals surface area contributed by atoms with Gasteiger partial charge in [-0.1, -0.05) is 6.07 Å². The maximum atomic E-state index is 12.4. The first-order valence-electron chi connectivity index (χ1n) is 10.6. The molecule has 0 saturated heterocycles. The van der Waals surface area contributed by atoms with E-state index in [-0.39, 0.29) is 11.7 Å². The summed E-state index contributed by atoms with van der Waals surface area (Å²) < 4.78 is 12.2. The van der Waals surface area contributed by atoms with Crippen LogP contribution in [0.3, 0.4) is 0 Å². The lowest BCUT2D eigenvalue weighted by molar-refractivity contribution is -0.133. The van der Waals surface area contributed by atoms with Gasteiger partial charge in [-0.2, -0.15) is 5.26 Å². The molecule has 0 amide bonds. The second-order valence-electron chi connectivity index (χ2n) is 8.33. The largest absolute Gasteiger partial charge is 0.493 e. The Morgan fingerprint density at radius 3 is 2.84 bits per heavy atom. The number of carboxylic acids is 1. The number of fused-ring (bicyclic) bond motifs is 2. The molecule has 1 aromatic carbocycles. The van der Waals surface area contributed by atoms with Gasteiger partial charge in [0.15, 0.2) is 0 Å². The van der Waals surface area contributed by atoms with Crippen molar-refractivity contribution in [3.05, 3.63) is 57.4 Å². The van der Waals surface area contributed by atoms with Gasteiger partial charge in [-0.25, -0.2) is 9.78 Å². The Balaban J connectivity index is 1.77. The zero-order chi connectivity index (χ0) is 21.7. The molecule has 3 heterocycles. The van der Waals surface area contributed by atoms with Crippen LogP contribution in [0.25, 0.3) is 0 Å². The number of aromatic nitrogens is 1. The van der Waals surface area contributed by atoms with E-state index in [1.54, 1.807) is 19.2 Å². The molecule has 7 nitrogen and oxygen atoms in total. The molecular weight excluding hydrogens is 394 g/mol. The van der Waals surface area contributed by atoms with Crippen LogP contribution < -0.4 is 14.8 Å². The van der Waals surface area contributed by atoms with Crippen LogP contribution in [-0.4, -0.2) is 28.8 Å². The van der Waals surface area contributed by atoms with Gasteiger partial charge >= 0.3 is 5.97 Å². The lowest BCUT2D eigenvalue weighted by Gasteiger charge is -2.34. The van der Waals surface area contributed by atoms with E-state index in [0.717, 1.165) is 47.2 Å². The van der Waals surface area contributed by atoms with Gasteiger partial charge < -0.3 is 19.9 Å². The molecule has 158 valence electrons. The van der Waals surface area contributed by atoms with Crippen molar-refractivity contribution in [2.75, 3.05) is 11.9 Å². The second-order valence-corrected chi connectivity index (χ2v) is 8.33. The maximum absolute atomic E-state index is 12.4. The third-order valence-electron chi connectivity index (χ3n) is 6.45. The van der Waals surface area contributed by atoms with E-state index in [4.69, 9.17) is 9.47 Å². The predicted molar refractivity (Wildman–Crippen MR) is 113 cm³/mol. The lowest BCUT2D eigenvalue weighted by Crippen LogP contribution is -2.29. The molecule has 1 unspecified atom stereocenters. The van der Waals surface area contributed by atoms with Gasteiger partial charge in [0.1, 0.15) is 11.9 Å². The third kappa shape index (κ3) is 3.02. The number of nitrogens with one attached hydrogen (secondary N) is 1. The SMILES string of the molecule is CC1=C(C(=O)O)C(c2ccc(C#N)c3c2OCC3)c2c(OC3CCC3)ncc(C)c2N1. The average molecular weight is 417 g/mol. The van der Waals surface area contributed by atoms with Crippen LogP contribution in [0.1, 0.15) is 59.9 Å². The topological polar surface area (TPSA) is 104 Å². The summed E-state index contributed by atoms with van der Waals surface area (Å²) in [5.74, 6) is -0.548. The number of carboxylic acid groups (broad SMARTS) is 1. The molecule has 7 heteroatoms. The molecule has 0 bridgehead atoms. The normalized spacial score (nSPS) is 19.5. The number of allylic oxidation sites excluding steroid dienone is 1. The van der Waals surface area contributed by atoms with Gasteiger partial charge in [0.25, 0.3) is 0 Å². The Morgan fingerprint density at radius 2 is 2.16 bits per heavy atom. The maximum Gasteiger partial charge on any atom is 0.334 e. The number of aliphatic carboxylic acids is 1. The van der Waals surface area contributed by atoms with Crippen molar-refractivity contribution in [1.82, 2.24) is 4.98 Å². The molecule has 1 atom stereocenters. The monoisotopic (exact) mass is 417 g/mol. The van der Waals surface area contributed by atoms with Gasteiger partial charge in [0.2, 0.25) is 5.88 Å². The summed E-state index contributed by atoms with van der Waals surface area (Å²) in [7, 11) is 0. The van der Waals surface area contributed by atoms with Gasteiger partial charge in [0.05, 0.1) is 41.0 Å². The number of benzene rings is 1. The number of ether oxygens (including phenoxy) is 2. The fourth-order valence-electron chi connectivity index (χ4n) is 4.65. The highest BCUT2D eigenvalue weighted by Gasteiger charge is 2.39. The smallest absolute Gasteiger partial charge is 0.334 e. The zero-order valence-corrected chi connectivity index (χ0v) is 17.5. The first-order valence-corrected chi connectivity index (χ1v) is 10.6. The summed E-state index contributed by atoms with van der Waals surface area (Å²) in [6, 6.07) is 5.80. The minimum absolute atomic E-state index is 0.100. The van der Waals surface area contributed by atoms with E-state index in [1.807, 2.05) is 13.0 Å². The second kappa shape index (κ2) is 7.31. The van der Waals surface area contributed by atoms with Crippen LogP contribution in [-0.2, 0) is 11.2 Å². The van der Waals surface area contributed by atoms with Crippen LogP contribution >= 0.6 is 0 Å².